The van der Waals surface area contributed by atoms with Crippen molar-refractivity contribution in [2.45, 2.75) is 19.9 Å². The van der Waals surface area contributed by atoms with E-state index >= 15 is 0 Å². The first-order valence-electron chi connectivity index (χ1n) is 11.5. The number of nitrogen functional groups attached to an aromatic ring is 1. The summed E-state index contributed by atoms with van der Waals surface area (Å²) >= 11 is 0. The highest BCUT2D eigenvalue weighted by molar-refractivity contribution is 5.79. The predicted octanol–water partition coefficient (Wildman–Crippen LogP) is 3.71. The van der Waals surface area contributed by atoms with Gasteiger partial charge in [0, 0.05) is 12.4 Å². The van der Waals surface area contributed by atoms with Crippen LogP contribution in [0.15, 0.2) is 66.1 Å². The standard InChI is InChI=1S/C27H20F2N8O/c1-15-10-17(28)12-19(11-15)37-26(36-22-5-3-4-21(29)23(22)27(37)38)16(2)35-25-20(24(30)33-14-34-25)7-6-18-13-31-8-9-32-18/h3-5,8-14,16H,1-2H3,(H3,30,33,34,35). The van der Waals surface area contributed by atoms with Crippen LogP contribution in [0.5, 0.6) is 0 Å². The predicted molar refractivity (Wildman–Crippen MR) is 138 cm³/mol. The van der Waals surface area contributed by atoms with Crippen LogP contribution in [0.4, 0.5) is 20.4 Å². The number of nitrogens with zero attached hydrogens (tertiary/aromatic N) is 6. The quantitative estimate of drug-likeness (QED) is 0.351. The molecular formula is C27H20F2N8O. The molecule has 1 atom stereocenters. The van der Waals surface area contributed by atoms with Gasteiger partial charge in [-0.15, -0.1) is 0 Å². The number of aryl methyl sites for hydroxylation is 1. The smallest absolute Gasteiger partial charge is 0.269 e. The lowest BCUT2D eigenvalue weighted by Crippen LogP contribution is -2.28. The van der Waals surface area contributed by atoms with E-state index in [2.05, 4.69) is 42.1 Å². The van der Waals surface area contributed by atoms with Crippen molar-refractivity contribution in [3.8, 4) is 17.5 Å². The second kappa shape index (κ2) is 10.0. The molecular weight excluding hydrogens is 490 g/mol. The molecule has 0 radical (unpaired) electrons. The first kappa shape index (κ1) is 24.5. The fourth-order valence-electron chi connectivity index (χ4n) is 3.98. The van der Waals surface area contributed by atoms with Crippen LogP contribution in [0.1, 0.15) is 35.6 Å². The van der Waals surface area contributed by atoms with Crippen LogP contribution in [-0.4, -0.2) is 29.5 Å². The Kier molecular flexibility index (Phi) is 6.45. The fourth-order valence-corrected chi connectivity index (χ4v) is 3.98. The Morgan fingerprint density at radius 1 is 1.08 bits per heavy atom. The van der Waals surface area contributed by atoms with Crippen molar-refractivity contribution in [1.29, 1.82) is 0 Å². The van der Waals surface area contributed by atoms with Crippen LogP contribution in [0.25, 0.3) is 16.6 Å². The second-order valence-electron chi connectivity index (χ2n) is 8.42. The highest BCUT2D eigenvalue weighted by Gasteiger charge is 2.22. The van der Waals surface area contributed by atoms with Crippen molar-refractivity contribution in [2.75, 3.05) is 11.1 Å². The Hall–Kier alpha value is -5.24. The molecule has 0 bridgehead atoms. The SMILES string of the molecule is Cc1cc(F)cc(-n2c(C(C)Nc3ncnc(N)c3C#Cc3cnccn3)nc3cccc(F)c3c2=O)c1. The Bertz CT molecular complexity index is 1770. The van der Waals surface area contributed by atoms with E-state index in [1.54, 1.807) is 19.9 Å². The minimum absolute atomic E-state index is 0.123. The van der Waals surface area contributed by atoms with Crippen molar-refractivity contribution in [1.82, 2.24) is 29.5 Å². The molecule has 0 aliphatic rings. The van der Waals surface area contributed by atoms with Gasteiger partial charge < -0.3 is 11.1 Å². The summed E-state index contributed by atoms with van der Waals surface area (Å²) in [6.45, 7) is 3.42. The maximum Gasteiger partial charge on any atom is 0.269 e. The molecule has 188 valence electrons. The molecule has 3 aromatic heterocycles. The number of halogens is 2. The first-order chi connectivity index (χ1) is 18.3. The van der Waals surface area contributed by atoms with Crippen molar-refractivity contribution >= 4 is 22.5 Å². The van der Waals surface area contributed by atoms with Crippen molar-refractivity contribution in [3.63, 3.8) is 0 Å². The average Bonchev–Trinajstić information content (AvgIpc) is 2.88. The topological polar surface area (TPSA) is 124 Å². The van der Waals surface area contributed by atoms with Gasteiger partial charge in [-0.05, 0) is 55.7 Å². The van der Waals surface area contributed by atoms with Crippen LogP contribution >= 0.6 is 0 Å². The molecule has 3 N–H and O–H groups in total. The molecule has 1 unspecified atom stereocenters. The summed E-state index contributed by atoms with van der Waals surface area (Å²) in [5, 5.41) is 2.97. The van der Waals surface area contributed by atoms with E-state index in [1.807, 2.05) is 0 Å². The summed E-state index contributed by atoms with van der Waals surface area (Å²) in [5.74, 6) is 5.11. The molecule has 2 aromatic carbocycles. The Morgan fingerprint density at radius 3 is 2.68 bits per heavy atom. The van der Waals surface area contributed by atoms with Gasteiger partial charge in [0.25, 0.3) is 5.56 Å². The molecule has 38 heavy (non-hydrogen) atoms. The van der Waals surface area contributed by atoms with Crippen molar-refractivity contribution in [3.05, 3.63) is 106 Å². The van der Waals surface area contributed by atoms with Gasteiger partial charge in [-0.2, -0.15) is 0 Å². The fraction of sp³-hybridized carbons (Fsp3) is 0.111. The lowest BCUT2D eigenvalue weighted by Gasteiger charge is -2.21. The maximum absolute atomic E-state index is 14.7. The van der Waals surface area contributed by atoms with Gasteiger partial charge in [0.15, 0.2) is 0 Å². The number of nitrogens with one attached hydrogen (secondary N) is 1. The highest BCUT2D eigenvalue weighted by Crippen LogP contribution is 2.25. The van der Waals surface area contributed by atoms with Crippen LogP contribution in [-0.2, 0) is 0 Å². The highest BCUT2D eigenvalue weighted by atomic mass is 19.1. The average molecular weight is 511 g/mol. The number of fused-ring (bicyclic) bond motifs is 1. The lowest BCUT2D eigenvalue weighted by molar-refractivity contribution is 0.622. The normalized spacial score (nSPS) is 11.6. The van der Waals surface area contributed by atoms with E-state index in [4.69, 9.17) is 5.73 Å². The van der Waals surface area contributed by atoms with Crippen LogP contribution in [0.2, 0.25) is 0 Å². The summed E-state index contributed by atoms with van der Waals surface area (Å²) in [4.78, 5) is 34.6. The maximum atomic E-state index is 14.7. The number of benzene rings is 2. The molecule has 11 heteroatoms. The molecule has 0 saturated carbocycles. The summed E-state index contributed by atoms with van der Waals surface area (Å²) in [6.07, 6.45) is 5.81. The van der Waals surface area contributed by atoms with Crippen LogP contribution in [0.3, 0.4) is 0 Å². The molecule has 0 fully saturated rings. The number of rotatable bonds is 4. The zero-order chi connectivity index (χ0) is 26.8. The molecule has 0 amide bonds. The van der Waals surface area contributed by atoms with E-state index in [-0.39, 0.29) is 34.1 Å². The van der Waals surface area contributed by atoms with Crippen LogP contribution < -0.4 is 16.6 Å². The second-order valence-corrected chi connectivity index (χ2v) is 8.42. The third kappa shape index (κ3) is 4.75. The molecule has 5 rings (SSSR count). The largest absolute Gasteiger partial charge is 0.382 e. The monoisotopic (exact) mass is 510 g/mol. The number of hydrogen-bond donors (Lipinski definition) is 2. The van der Waals surface area contributed by atoms with Gasteiger partial charge in [-0.25, -0.2) is 28.7 Å². The Balaban J connectivity index is 1.65. The Labute approximate surface area is 215 Å². The summed E-state index contributed by atoms with van der Waals surface area (Å²) in [5.41, 5.74) is 7.08. The van der Waals surface area contributed by atoms with Gasteiger partial charge in [0.1, 0.15) is 52.1 Å². The minimum atomic E-state index is -0.723. The Morgan fingerprint density at radius 2 is 1.92 bits per heavy atom. The summed E-state index contributed by atoms with van der Waals surface area (Å²) in [6, 6.07) is 7.64. The molecule has 0 aliphatic heterocycles. The zero-order valence-electron chi connectivity index (χ0n) is 20.3. The number of anilines is 2. The number of aromatic nitrogens is 6. The van der Waals surface area contributed by atoms with Gasteiger partial charge in [0.2, 0.25) is 0 Å². The van der Waals surface area contributed by atoms with Gasteiger partial charge in [0.05, 0.1) is 23.4 Å². The third-order valence-electron chi connectivity index (χ3n) is 5.65. The summed E-state index contributed by atoms with van der Waals surface area (Å²) < 4.78 is 30.3. The van der Waals surface area contributed by atoms with E-state index in [0.29, 0.717) is 16.8 Å². The number of nitrogens with two attached hydrogens (primary N) is 1. The van der Waals surface area contributed by atoms with Gasteiger partial charge in [-0.3, -0.25) is 14.3 Å². The van der Waals surface area contributed by atoms with E-state index in [9.17, 15) is 13.6 Å². The minimum Gasteiger partial charge on any atom is -0.382 e. The molecule has 0 spiro atoms. The molecule has 0 aliphatic carbocycles. The van der Waals surface area contributed by atoms with Crippen LogP contribution in [0, 0.1) is 30.4 Å². The summed E-state index contributed by atoms with van der Waals surface area (Å²) in [7, 11) is 0. The zero-order valence-corrected chi connectivity index (χ0v) is 20.3. The molecule has 5 aromatic rings. The molecule has 9 nitrogen and oxygen atoms in total. The van der Waals surface area contributed by atoms with Gasteiger partial charge >= 0.3 is 0 Å². The van der Waals surface area contributed by atoms with Crippen molar-refractivity contribution < 1.29 is 8.78 Å². The van der Waals surface area contributed by atoms with E-state index in [1.165, 1.54) is 59.8 Å². The first-order valence-corrected chi connectivity index (χ1v) is 11.5. The van der Waals surface area contributed by atoms with Crippen molar-refractivity contribution in [2.24, 2.45) is 0 Å². The molecule has 0 saturated heterocycles. The lowest BCUT2D eigenvalue weighted by atomic mass is 10.1. The number of hydrogen-bond acceptors (Lipinski definition) is 8. The van der Waals surface area contributed by atoms with E-state index < -0.39 is 23.2 Å². The van der Waals surface area contributed by atoms with Gasteiger partial charge in [-0.1, -0.05) is 12.0 Å². The van der Waals surface area contributed by atoms with E-state index in [0.717, 1.165) is 0 Å². The third-order valence-corrected chi connectivity index (χ3v) is 5.65. The molecule has 3 heterocycles.